The van der Waals surface area contributed by atoms with E-state index in [1.807, 2.05) is 24.3 Å². The molecular weight excluding hydrogens is 832 g/mol. The van der Waals surface area contributed by atoms with E-state index in [4.69, 9.17) is 25.7 Å². The molecule has 0 bridgehead atoms. The molecule has 342 valence electrons. The number of hydrogen-bond acceptors (Lipinski definition) is 15. The highest BCUT2D eigenvalue weighted by atomic mass is 19.1. The Hall–Kier alpha value is -5.96. The number of quaternary nitrogens is 1. The minimum atomic E-state index is -2.35. The van der Waals surface area contributed by atoms with Gasteiger partial charge < -0.3 is 34.3 Å². The van der Waals surface area contributed by atoms with E-state index in [-0.39, 0.29) is 22.6 Å². The largest absolute Gasteiger partial charge is 0.492 e. The fourth-order valence-electron chi connectivity index (χ4n) is 9.00. The lowest BCUT2D eigenvalue weighted by molar-refractivity contribution is -0.856. The molecule has 0 radical (unpaired) electrons. The number of nitrogens with one attached hydrogen (secondary N) is 4. The number of anilines is 3. The standard InChI is InChI=1S/C47H58FN12O5/c48-42-33-38(11-18-43(42)65-32-26-57-22-3-4-23-57)53-47(52-37-9-16-41(17-10-37)64-31-25-56-20-1-2-21-56)54-46(49,50)60(55-47,45(62)36-7-14-40(15-8-36)59-24-19-51-34-59)44(61)35-5-12-39(13-6-35)58-27-29-63-30-28-58/h5-19,24,33-34,52-55H,1-4,20-23,25-32,49-50H2/q+1. The first kappa shape index (κ1) is 44.3. The number of likely N-dealkylation sites (tertiary alicyclic amines) is 2. The second-order valence-corrected chi connectivity index (χ2v) is 17.0. The van der Waals surface area contributed by atoms with Gasteiger partial charge in [0.15, 0.2) is 11.6 Å². The Labute approximate surface area is 378 Å². The molecule has 8 N–H and O–H groups in total. The summed E-state index contributed by atoms with van der Waals surface area (Å²) in [5.41, 5.74) is 20.0. The first-order valence-electron chi connectivity index (χ1n) is 22.4. The van der Waals surface area contributed by atoms with Crippen molar-refractivity contribution in [1.29, 1.82) is 0 Å². The van der Waals surface area contributed by atoms with E-state index in [9.17, 15) is 0 Å². The third kappa shape index (κ3) is 9.71. The molecule has 2 amide bonds. The van der Waals surface area contributed by atoms with Crippen LogP contribution in [0.3, 0.4) is 0 Å². The summed E-state index contributed by atoms with van der Waals surface area (Å²) in [5.74, 6) is -5.61. The van der Waals surface area contributed by atoms with Gasteiger partial charge in [0.2, 0.25) is 0 Å². The van der Waals surface area contributed by atoms with Crippen molar-refractivity contribution in [1.82, 2.24) is 30.1 Å². The summed E-state index contributed by atoms with van der Waals surface area (Å²) >= 11 is 0. The average Bonchev–Trinajstić information content (AvgIpc) is 4.17. The lowest BCUT2D eigenvalue weighted by Gasteiger charge is -2.36. The molecule has 17 nitrogen and oxygen atoms in total. The van der Waals surface area contributed by atoms with Crippen molar-refractivity contribution in [2.75, 3.05) is 94.3 Å². The molecule has 0 saturated carbocycles. The monoisotopic (exact) mass is 889 g/mol. The molecule has 0 spiro atoms. The Kier molecular flexibility index (Phi) is 13.1. The lowest BCUT2D eigenvalue weighted by atomic mass is 10.1. The number of imidazole rings is 1. The molecule has 9 rings (SSSR count). The molecule has 65 heavy (non-hydrogen) atoms. The molecular formula is C47H58FN12O5+. The van der Waals surface area contributed by atoms with Crippen LogP contribution in [0, 0.1) is 5.82 Å². The van der Waals surface area contributed by atoms with Crippen LogP contribution in [-0.4, -0.2) is 126 Å². The number of hydrogen-bond donors (Lipinski definition) is 6. The molecule has 4 aromatic carbocycles. The quantitative estimate of drug-likeness (QED) is 0.0473. The van der Waals surface area contributed by atoms with Crippen LogP contribution in [0.4, 0.5) is 21.5 Å². The maximum Gasteiger partial charge on any atom is 0.376 e. The Morgan fingerprint density at radius 2 is 1.31 bits per heavy atom. The van der Waals surface area contributed by atoms with Crippen molar-refractivity contribution in [3.8, 4) is 17.2 Å². The molecule has 2 unspecified atom stereocenters. The van der Waals surface area contributed by atoms with Crippen LogP contribution in [0.15, 0.2) is 110 Å². The Balaban J connectivity index is 1.06. The van der Waals surface area contributed by atoms with E-state index >= 15 is 14.0 Å². The molecule has 4 saturated heterocycles. The first-order valence-corrected chi connectivity index (χ1v) is 22.4. The zero-order valence-corrected chi connectivity index (χ0v) is 36.5. The van der Waals surface area contributed by atoms with E-state index in [0.717, 1.165) is 56.9 Å². The number of aromatic nitrogens is 2. The second kappa shape index (κ2) is 19.3. The molecule has 2 atom stereocenters. The normalized spacial score (nSPS) is 22.2. The van der Waals surface area contributed by atoms with Crippen molar-refractivity contribution < 1.29 is 32.8 Å². The maximum atomic E-state index is 15.9. The number of imide groups is 1. The van der Waals surface area contributed by atoms with E-state index in [0.29, 0.717) is 57.5 Å². The van der Waals surface area contributed by atoms with Crippen molar-refractivity contribution in [2.24, 2.45) is 11.5 Å². The van der Waals surface area contributed by atoms with Crippen molar-refractivity contribution in [3.63, 3.8) is 0 Å². The summed E-state index contributed by atoms with van der Waals surface area (Å²) in [6.07, 6.45) is 9.76. The number of carbonyl (C=O) groups is 2. The number of carbonyl (C=O) groups excluding carboxylic acids is 2. The second-order valence-electron chi connectivity index (χ2n) is 17.0. The average molecular weight is 890 g/mol. The predicted octanol–water partition coefficient (Wildman–Crippen LogP) is 4.07. The minimum Gasteiger partial charge on any atom is -0.492 e. The summed E-state index contributed by atoms with van der Waals surface area (Å²) in [5, 5.41) is 9.77. The van der Waals surface area contributed by atoms with Crippen LogP contribution < -0.4 is 47.2 Å². The van der Waals surface area contributed by atoms with Crippen LogP contribution in [0.5, 0.6) is 11.5 Å². The zero-order valence-electron chi connectivity index (χ0n) is 36.5. The molecule has 0 aliphatic carbocycles. The highest BCUT2D eigenvalue weighted by molar-refractivity contribution is 6.02. The lowest BCUT2D eigenvalue weighted by Crippen LogP contribution is -2.81. The summed E-state index contributed by atoms with van der Waals surface area (Å²) in [6, 6.07) is 25.3. The first-order chi connectivity index (χ1) is 31.6. The van der Waals surface area contributed by atoms with Gasteiger partial charge in [0.1, 0.15) is 19.0 Å². The maximum absolute atomic E-state index is 15.9. The van der Waals surface area contributed by atoms with Gasteiger partial charge in [-0.25, -0.2) is 30.4 Å². The van der Waals surface area contributed by atoms with Gasteiger partial charge in [-0.15, -0.1) is 0 Å². The van der Waals surface area contributed by atoms with Crippen molar-refractivity contribution in [2.45, 2.75) is 37.5 Å². The van der Waals surface area contributed by atoms with Gasteiger partial charge in [0.25, 0.3) is 5.91 Å². The number of benzene rings is 4. The summed E-state index contributed by atoms with van der Waals surface area (Å²) in [6.45, 7) is 9.11. The Morgan fingerprint density at radius 3 is 1.89 bits per heavy atom. The molecule has 5 aromatic rings. The third-order valence-corrected chi connectivity index (χ3v) is 12.5. The van der Waals surface area contributed by atoms with Crippen LogP contribution in [0.1, 0.15) is 46.4 Å². The summed E-state index contributed by atoms with van der Waals surface area (Å²) < 4.78 is 33.8. The van der Waals surface area contributed by atoms with Gasteiger partial charge in [-0.3, -0.25) is 9.80 Å². The summed E-state index contributed by atoms with van der Waals surface area (Å²) in [7, 11) is 0. The van der Waals surface area contributed by atoms with Crippen LogP contribution in [-0.2, 0) is 4.74 Å². The molecule has 1 aromatic heterocycles. The molecule has 18 heteroatoms. The number of amides is 2. The summed E-state index contributed by atoms with van der Waals surface area (Å²) in [4.78, 5) is 41.6. The third-order valence-electron chi connectivity index (χ3n) is 12.5. The van der Waals surface area contributed by atoms with Crippen LogP contribution >= 0.6 is 0 Å². The fraction of sp³-hybridized carbons (Fsp3) is 0.383. The van der Waals surface area contributed by atoms with E-state index in [2.05, 4.69) is 41.1 Å². The zero-order chi connectivity index (χ0) is 44.9. The highest BCUT2D eigenvalue weighted by Crippen LogP contribution is 2.34. The van der Waals surface area contributed by atoms with Gasteiger partial charge in [0.05, 0.1) is 30.7 Å². The fourth-order valence-corrected chi connectivity index (χ4v) is 9.00. The molecule has 4 fully saturated rings. The van der Waals surface area contributed by atoms with E-state index < -0.39 is 34.0 Å². The van der Waals surface area contributed by atoms with Gasteiger partial charge >= 0.3 is 17.7 Å². The molecule has 4 aliphatic heterocycles. The van der Waals surface area contributed by atoms with E-state index in [1.54, 1.807) is 77.9 Å². The van der Waals surface area contributed by atoms with Crippen molar-refractivity contribution in [3.05, 3.63) is 127 Å². The van der Waals surface area contributed by atoms with Gasteiger partial charge in [0, 0.05) is 67.4 Å². The number of halogens is 1. The van der Waals surface area contributed by atoms with Crippen molar-refractivity contribution >= 4 is 28.9 Å². The topological polar surface area (TPSA) is 190 Å². The van der Waals surface area contributed by atoms with Crippen LogP contribution in [0.2, 0.25) is 0 Å². The number of morpholine rings is 1. The SMILES string of the molecule is NC1(N)NC(Nc2ccc(OCCN3CCCC3)cc2)(Nc2ccc(OCCN3CCCC3)c(F)c2)N[N+]1(C(=O)c1ccc(N2CCOCC2)cc1)C(=O)c1ccc(-n2ccnc2)cc1. The van der Waals surface area contributed by atoms with Gasteiger partial charge in [-0.2, -0.15) is 5.32 Å². The molecule has 4 aliphatic rings. The molecule has 5 heterocycles. The number of ether oxygens (including phenoxy) is 3. The van der Waals surface area contributed by atoms with E-state index in [1.165, 1.54) is 25.0 Å². The highest BCUT2D eigenvalue weighted by Gasteiger charge is 2.71. The van der Waals surface area contributed by atoms with Crippen LogP contribution in [0.25, 0.3) is 5.69 Å². The smallest absolute Gasteiger partial charge is 0.376 e. The van der Waals surface area contributed by atoms with Gasteiger partial charge in [-0.1, -0.05) is 10.0 Å². The Bertz CT molecular complexity index is 2390. The number of rotatable bonds is 16. The Morgan fingerprint density at radius 1 is 0.738 bits per heavy atom. The minimum absolute atomic E-state index is 0.0894. The number of nitrogens with two attached hydrogens (primary N) is 2. The predicted molar refractivity (Wildman–Crippen MR) is 244 cm³/mol. The van der Waals surface area contributed by atoms with Gasteiger partial charge in [-0.05, 0) is 137 Å². The number of nitrogens with zero attached hydrogens (tertiary/aromatic N) is 6.